The van der Waals surface area contributed by atoms with Gasteiger partial charge in [0.2, 0.25) is 5.91 Å². The molecule has 1 aliphatic heterocycles. The van der Waals surface area contributed by atoms with Gasteiger partial charge in [-0.05, 0) is 45.8 Å². The van der Waals surface area contributed by atoms with Crippen LogP contribution in [-0.4, -0.2) is 63.8 Å². The predicted octanol–water partition coefficient (Wildman–Crippen LogP) is 0.0689. The number of amides is 1. The van der Waals surface area contributed by atoms with Gasteiger partial charge in [-0.3, -0.25) is 9.69 Å². The topological polar surface area (TPSA) is 53.6 Å². The summed E-state index contributed by atoms with van der Waals surface area (Å²) in [5.74, 6) is 0.815. The van der Waals surface area contributed by atoms with E-state index in [9.17, 15) is 4.79 Å². The first-order valence-corrected chi connectivity index (χ1v) is 6.84. The molecule has 0 aromatic heterocycles. The van der Waals surface area contributed by atoms with E-state index in [4.69, 9.17) is 4.74 Å². The average molecular weight is 257 g/mol. The smallest absolute Gasteiger partial charge is 0.237 e. The van der Waals surface area contributed by atoms with Gasteiger partial charge in [-0.15, -0.1) is 0 Å². The Balaban J connectivity index is 2.22. The van der Waals surface area contributed by atoms with Crippen LogP contribution in [0.4, 0.5) is 0 Å². The Morgan fingerprint density at radius 1 is 1.56 bits per heavy atom. The van der Waals surface area contributed by atoms with Crippen molar-refractivity contribution in [3.8, 4) is 0 Å². The van der Waals surface area contributed by atoms with Crippen LogP contribution < -0.4 is 10.6 Å². The van der Waals surface area contributed by atoms with Crippen molar-refractivity contribution in [1.82, 2.24) is 15.5 Å². The first kappa shape index (κ1) is 15.4. The Hall–Kier alpha value is -0.650. The van der Waals surface area contributed by atoms with E-state index in [0.29, 0.717) is 19.1 Å². The highest BCUT2D eigenvalue weighted by molar-refractivity contribution is 5.81. The molecule has 0 aromatic carbocycles. The lowest BCUT2D eigenvalue weighted by Crippen LogP contribution is -2.44. The first-order chi connectivity index (χ1) is 8.69. The summed E-state index contributed by atoms with van der Waals surface area (Å²) in [6, 6.07) is -0.0191. The maximum atomic E-state index is 11.9. The molecule has 1 rings (SSSR count). The van der Waals surface area contributed by atoms with Crippen molar-refractivity contribution in [3.05, 3.63) is 0 Å². The van der Waals surface area contributed by atoms with Crippen LogP contribution in [0.25, 0.3) is 0 Å². The Bertz CT molecular complexity index is 248. The largest absolute Gasteiger partial charge is 0.385 e. The molecule has 0 radical (unpaired) electrons. The van der Waals surface area contributed by atoms with Gasteiger partial charge >= 0.3 is 0 Å². The number of nitrogens with zero attached hydrogens (tertiary/aromatic N) is 1. The fourth-order valence-corrected chi connectivity index (χ4v) is 2.41. The van der Waals surface area contributed by atoms with Gasteiger partial charge in [0.05, 0.1) is 6.04 Å². The second-order valence-electron chi connectivity index (χ2n) is 5.02. The van der Waals surface area contributed by atoms with E-state index in [1.54, 1.807) is 7.11 Å². The molecular weight excluding hydrogens is 230 g/mol. The van der Waals surface area contributed by atoms with Crippen LogP contribution in [0, 0.1) is 5.92 Å². The van der Waals surface area contributed by atoms with Gasteiger partial charge in [0.15, 0.2) is 0 Å². The van der Waals surface area contributed by atoms with Gasteiger partial charge in [-0.2, -0.15) is 0 Å². The van der Waals surface area contributed by atoms with Crippen LogP contribution in [0.2, 0.25) is 0 Å². The van der Waals surface area contributed by atoms with E-state index < -0.39 is 0 Å². The van der Waals surface area contributed by atoms with E-state index in [2.05, 4.69) is 15.5 Å². The minimum Gasteiger partial charge on any atom is -0.385 e. The van der Waals surface area contributed by atoms with Crippen LogP contribution in [0.5, 0.6) is 0 Å². The minimum atomic E-state index is -0.0191. The summed E-state index contributed by atoms with van der Waals surface area (Å²) in [5, 5.41) is 6.17. The van der Waals surface area contributed by atoms with Gasteiger partial charge in [0.1, 0.15) is 0 Å². The van der Waals surface area contributed by atoms with Gasteiger partial charge < -0.3 is 15.4 Å². The van der Waals surface area contributed by atoms with Crippen molar-refractivity contribution in [2.75, 3.05) is 46.9 Å². The minimum absolute atomic E-state index is 0.0191. The molecule has 2 atom stereocenters. The number of ether oxygens (including phenoxy) is 1. The summed E-state index contributed by atoms with van der Waals surface area (Å²) >= 11 is 0. The maximum Gasteiger partial charge on any atom is 0.237 e. The monoisotopic (exact) mass is 257 g/mol. The average Bonchev–Trinajstić information content (AvgIpc) is 2.82. The fourth-order valence-electron chi connectivity index (χ4n) is 2.41. The highest BCUT2D eigenvalue weighted by Crippen LogP contribution is 2.17. The third-order valence-corrected chi connectivity index (χ3v) is 3.56. The van der Waals surface area contributed by atoms with Gasteiger partial charge in [-0.1, -0.05) is 0 Å². The summed E-state index contributed by atoms with van der Waals surface area (Å²) in [6.07, 6.45) is 2.06. The number of carbonyl (C=O) groups excluding carboxylic acids is 1. The lowest BCUT2D eigenvalue weighted by molar-refractivity contribution is -0.125. The van der Waals surface area contributed by atoms with Gasteiger partial charge in [0.25, 0.3) is 0 Å². The lowest BCUT2D eigenvalue weighted by atomic mass is 10.1. The summed E-state index contributed by atoms with van der Waals surface area (Å²) in [7, 11) is 3.66. The molecule has 1 fully saturated rings. The highest BCUT2D eigenvalue weighted by atomic mass is 16.5. The van der Waals surface area contributed by atoms with Crippen LogP contribution in [0.3, 0.4) is 0 Å². The molecule has 1 saturated heterocycles. The molecule has 106 valence electrons. The van der Waals surface area contributed by atoms with Gasteiger partial charge in [0, 0.05) is 26.8 Å². The molecule has 0 bridgehead atoms. The molecule has 2 unspecified atom stereocenters. The quantitative estimate of drug-likeness (QED) is 0.604. The highest BCUT2D eigenvalue weighted by Gasteiger charge is 2.28. The van der Waals surface area contributed by atoms with E-state index in [1.807, 2.05) is 14.0 Å². The van der Waals surface area contributed by atoms with Crippen molar-refractivity contribution in [1.29, 1.82) is 0 Å². The number of carbonyl (C=O) groups is 1. The molecule has 1 aliphatic rings. The molecule has 0 aromatic rings. The van der Waals surface area contributed by atoms with Crippen LogP contribution >= 0.6 is 0 Å². The summed E-state index contributed by atoms with van der Waals surface area (Å²) in [5.41, 5.74) is 0. The molecule has 0 spiro atoms. The zero-order valence-electron chi connectivity index (χ0n) is 11.9. The second-order valence-corrected chi connectivity index (χ2v) is 5.02. The molecule has 5 heteroatoms. The van der Waals surface area contributed by atoms with E-state index in [1.165, 1.54) is 6.42 Å². The Kier molecular flexibility index (Phi) is 7.23. The van der Waals surface area contributed by atoms with Crippen LogP contribution in [-0.2, 0) is 9.53 Å². The molecule has 1 amide bonds. The number of likely N-dealkylation sites (tertiary alicyclic amines) is 1. The fraction of sp³-hybridized carbons (Fsp3) is 0.923. The number of rotatable bonds is 8. The standard InChI is InChI=1S/C13H27N3O2/c1-11(13(17)15-6-4-8-18-3)16-7-5-12(10-16)9-14-2/h11-12,14H,4-10H2,1-3H3,(H,15,17). The Labute approximate surface area is 110 Å². The maximum absolute atomic E-state index is 11.9. The Morgan fingerprint density at radius 2 is 2.33 bits per heavy atom. The molecule has 0 saturated carbocycles. The zero-order chi connectivity index (χ0) is 13.4. The number of methoxy groups -OCH3 is 1. The van der Waals surface area contributed by atoms with Crippen molar-refractivity contribution in [3.63, 3.8) is 0 Å². The van der Waals surface area contributed by atoms with Crippen molar-refractivity contribution >= 4 is 5.91 Å². The zero-order valence-corrected chi connectivity index (χ0v) is 11.9. The third kappa shape index (κ3) is 4.92. The van der Waals surface area contributed by atoms with Crippen molar-refractivity contribution in [2.45, 2.75) is 25.8 Å². The normalized spacial score (nSPS) is 22.1. The molecule has 5 nitrogen and oxygen atoms in total. The summed E-state index contributed by atoms with van der Waals surface area (Å²) in [4.78, 5) is 14.2. The SMILES string of the molecule is CNCC1CCN(C(C)C(=O)NCCCOC)C1. The van der Waals surface area contributed by atoms with Crippen LogP contribution in [0.15, 0.2) is 0 Å². The van der Waals surface area contributed by atoms with E-state index in [-0.39, 0.29) is 11.9 Å². The molecule has 18 heavy (non-hydrogen) atoms. The van der Waals surface area contributed by atoms with E-state index >= 15 is 0 Å². The molecule has 2 N–H and O–H groups in total. The number of nitrogens with one attached hydrogen (secondary N) is 2. The van der Waals surface area contributed by atoms with Crippen molar-refractivity contribution < 1.29 is 9.53 Å². The molecular formula is C13H27N3O2. The van der Waals surface area contributed by atoms with Crippen molar-refractivity contribution in [2.24, 2.45) is 5.92 Å². The summed E-state index contributed by atoms with van der Waals surface area (Å²) < 4.78 is 4.96. The van der Waals surface area contributed by atoms with Gasteiger partial charge in [-0.25, -0.2) is 0 Å². The van der Waals surface area contributed by atoms with E-state index in [0.717, 1.165) is 26.1 Å². The predicted molar refractivity (Wildman–Crippen MR) is 72.6 cm³/mol. The molecule has 0 aliphatic carbocycles. The number of hydrogen-bond acceptors (Lipinski definition) is 4. The number of hydrogen-bond donors (Lipinski definition) is 2. The van der Waals surface area contributed by atoms with Crippen LogP contribution in [0.1, 0.15) is 19.8 Å². The molecule has 1 heterocycles. The second kappa shape index (κ2) is 8.45. The lowest BCUT2D eigenvalue weighted by Gasteiger charge is -2.23. The first-order valence-electron chi connectivity index (χ1n) is 6.84. The Morgan fingerprint density at radius 3 is 3.00 bits per heavy atom. The third-order valence-electron chi connectivity index (χ3n) is 3.56. The summed E-state index contributed by atoms with van der Waals surface area (Å²) in [6.45, 7) is 6.48.